The summed E-state index contributed by atoms with van der Waals surface area (Å²) in [7, 11) is 0. The van der Waals surface area contributed by atoms with Crippen LogP contribution in [0.4, 0.5) is 5.69 Å². The molecule has 1 N–H and O–H groups in total. The predicted octanol–water partition coefficient (Wildman–Crippen LogP) is 3.14. The van der Waals surface area contributed by atoms with Crippen LogP contribution in [0.5, 0.6) is 0 Å². The monoisotopic (exact) mass is 381 g/mol. The van der Waals surface area contributed by atoms with Gasteiger partial charge in [-0.25, -0.2) is 4.79 Å². The molecule has 1 fully saturated rings. The highest BCUT2D eigenvalue weighted by Gasteiger charge is 2.21. The zero-order chi connectivity index (χ0) is 19.9. The largest absolute Gasteiger partial charge is 0.462 e. The van der Waals surface area contributed by atoms with E-state index in [0.717, 1.165) is 19.3 Å². The predicted molar refractivity (Wildman–Crippen MR) is 104 cm³/mol. The summed E-state index contributed by atoms with van der Waals surface area (Å²) in [6.07, 6.45) is 4.54. The van der Waals surface area contributed by atoms with Crippen LogP contribution in [0.3, 0.4) is 0 Å². The molecule has 7 nitrogen and oxygen atoms in total. The molecule has 0 aliphatic carbocycles. The quantitative estimate of drug-likeness (QED) is 0.804. The summed E-state index contributed by atoms with van der Waals surface area (Å²) in [5.41, 5.74) is 1.17. The van der Waals surface area contributed by atoms with E-state index in [1.807, 2.05) is 0 Å². The molecule has 1 aliphatic heterocycles. The lowest BCUT2D eigenvalue weighted by Crippen LogP contribution is -2.36. The highest BCUT2D eigenvalue weighted by Crippen LogP contribution is 2.18. The smallest absolute Gasteiger partial charge is 0.340 e. The van der Waals surface area contributed by atoms with Gasteiger partial charge >= 0.3 is 5.97 Å². The number of ether oxygens (including phenoxy) is 1. The van der Waals surface area contributed by atoms with Gasteiger partial charge in [0.25, 0.3) is 11.8 Å². The molecule has 0 saturated carbocycles. The van der Waals surface area contributed by atoms with Crippen molar-refractivity contribution in [2.45, 2.75) is 26.2 Å². The first-order valence-electron chi connectivity index (χ1n) is 9.43. The van der Waals surface area contributed by atoms with Gasteiger partial charge in [0.1, 0.15) is 5.69 Å². The Labute approximate surface area is 163 Å². The van der Waals surface area contributed by atoms with Gasteiger partial charge in [-0.15, -0.1) is 0 Å². The SMILES string of the molecule is CCOC(=O)c1ccccc1NC(=O)c1ccnc(C(=O)N2CCCCC2)c1. The first kappa shape index (κ1) is 19.5. The summed E-state index contributed by atoms with van der Waals surface area (Å²) < 4.78 is 5.02. The van der Waals surface area contributed by atoms with Gasteiger partial charge in [-0.05, 0) is 50.5 Å². The van der Waals surface area contributed by atoms with E-state index in [1.165, 1.54) is 18.3 Å². The Morgan fingerprint density at radius 3 is 2.61 bits per heavy atom. The molecular weight excluding hydrogens is 358 g/mol. The third-order valence-electron chi connectivity index (χ3n) is 4.56. The normalized spacial score (nSPS) is 13.7. The first-order chi connectivity index (χ1) is 13.6. The zero-order valence-corrected chi connectivity index (χ0v) is 15.8. The molecule has 2 heterocycles. The van der Waals surface area contributed by atoms with Crippen LogP contribution in [0.1, 0.15) is 57.4 Å². The van der Waals surface area contributed by atoms with Gasteiger partial charge in [0.15, 0.2) is 0 Å². The minimum Gasteiger partial charge on any atom is -0.462 e. The van der Waals surface area contributed by atoms with E-state index in [1.54, 1.807) is 36.1 Å². The average Bonchev–Trinajstić information content (AvgIpc) is 2.74. The van der Waals surface area contributed by atoms with Crippen LogP contribution < -0.4 is 5.32 Å². The number of aromatic nitrogens is 1. The van der Waals surface area contributed by atoms with Gasteiger partial charge in [-0.3, -0.25) is 14.6 Å². The van der Waals surface area contributed by atoms with Crippen LogP contribution in [0, 0.1) is 0 Å². The van der Waals surface area contributed by atoms with E-state index in [9.17, 15) is 14.4 Å². The number of benzene rings is 1. The topological polar surface area (TPSA) is 88.6 Å². The number of likely N-dealkylation sites (tertiary alicyclic amines) is 1. The molecule has 0 spiro atoms. The lowest BCUT2D eigenvalue weighted by Gasteiger charge is -2.26. The lowest BCUT2D eigenvalue weighted by molar-refractivity contribution is 0.0527. The van der Waals surface area contributed by atoms with Crippen molar-refractivity contribution >= 4 is 23.5 Å². The molecule has 0 bridgehead atoms. The van der Waals surface area contributed by atoms with Crippen molar-refractivity contribution < 1.29 is 19.1 Å². The summed E-state index contributed by atoms with van der Waals surface area (Å²) in [5.74, 6) is -1.10. The van der Waals surface area contributed by atoms with Crippen molar-refractivity contribution in [3.05, 3.63) is 59.4 Å². The zero-order valence-electron chi connectivity index (χ0n) is 15.8. The second-order valence-electron chi connectivity index (χ2n) is 6.50. The highest BCUT2D eigenvalue weighted by atomic mass is 16.5. The number of hydrogen-bond donors (Lipinski definition) is 1. The third kappa shape index (κ3) is 4.54. The second-order valence-corrected chi connectivity index (χ2v) is 6.50. The Balaban J connectivity index is 1.77. The first-order valence-corrected chi connectivity index (χ1v) is 9.43. The number of amides is 2. The number of hydrogen-bond acceptors (Lipinski definition) is 5. The van der Waals surface area contributed by atoms with Gasteiger partial charge in [0.05, 0.1) is 17.9 Å². The molecule has 28 heavy (non-hydrogen) atoms. The molecule has 2 amide bonds. The minimum absolute atomic E-state index is 0.165. The van der Waals surface area contributed by atoms with Crippen LogP contribution in [0.25, 0.3) is 0 Å². The van der Waals surface area contributed by atoms with E-state index in [2.05, 4.69) is 10.3 Å². The van der Waals surface area contributed by atoms with Crippen molar-refractivity contribution in [3.8, 4) is 0 Å². The Morgan fingerprint density at radius 1 is 1.11 bits per heavy atom. The number of piperidine rings is 1. The maximum Gasteiger partial charge on any atom is 0.340 e. The number of rotatable bonds is 5. The molecule has 0 unspecified atom stereocenters. The van der Waals surface area contributed by atoms with Gasteiger partial charge < -0.3 is 15.0 Å². The van der Waals surface area contributed by atoms with Crippen LogP contribution >= 0.6 is 0 Å². The molecule has 146 valence electrons. The highest BCUT2D eigenvalue weighted by molar-refractivity contribution is 6.08. The van der Waals surface area contributed by atoms with Crippen LogP contribution in [-0.4, -0.2) is 47.4 Å². The number of nitrogens with zero attached hydrogens (tertiary/aromatic N) is 2. The van der Waals surface area contributed by atoms with E-state index < -0.39 is 11.9 Å². The molecule has 1 saturated heterocycles. The summed E-state index contributed by atoms with van der Waals surface area (Å²) >= 11 is 0. The van der Waals surface area contributed by atoms with Crippen molar-refractivity contribution in [1.82, 2.24) is 9.88 Å². The van der Waals surface area contributed by atoms with Gasteiger partial charge in [-0.1, -0.05) is 12.1 Å². The fraction of sp³-hybridized carbons (Fsp3) is 0.333. The molecule has 1 aromatic heterocycles. The standard InChI is InChI=1S/C21H23N3O4/c1-2-28-21(27)16-8-4-5-9-17(16)23-19(25)15-10-11-22-18(14-15)20(26)24-12-6-3-7-13-24/h4-5,8-11,14H,2-3,6-7,12-13H2,1H3,(H,23,25). The van der Waals surface area contributed by atoms with Crippen LogP contribution in [0.2, 0.25) is 0 Å². The number of para-hydroxylation sites is 1. The molecule has 2 aromatic rings. The number of nitrogens with one attached hydrogen (secondary N) is 1. The van der Waals surface area contributed by atoms with Crippen molar-refractivity contribution in [1.29, 1.82) is 0 Å². The van der Waals surface area contributed by atoms with Crippen molar-refractivity contribution in [3.63, 3.8) is 0 Å². The molecule has 1 aromatic carbocycles. The average molecular weight is 381 g/mol. The number of esters is 1. The van der Waals surface area contributed by atoms with Gasteiger partial charge in [0.2, 0.25) is 0 Å². The fourth-order valence-corrected chi connectivity index (χ4v) is 3.12. The summed E-state index contributed by atoms with van der Waals surface area (Å²) in [5, 5.41) is 2.72. The molecule has 0 atom stereocenters. The van der Waals surface area contributed by atoms with Crippen molar-refractivity contribution in [2.24, 2.45) is 0 Å². The van der Waals surface area contributed by atoms with Crippen LogP contribution in [0.15, 0.2) is 42.6 Å². The Hall–Kier alpha value is -3.22. The molecule has 0 radical (unpaired) electrons. The Morgan fingerprint density at radius 2 is 1.86 bits per heavy atom. The van der Waals surface area contributed by atoms with Crippen LogP contribution in [-0.2, 0) is 4.74 Å². The Bertz CT molecular complexity index is 875. The maximum atomic E-state index is 12.7. The Kier molecular flexibility index (Phi) is 6.37. The number of carbonyl (C=O) groups is 3. The molecule has 7 heteroatoms. The third-order valence-corrected chi connectivity index (χ3v) is 4.56. The van der Waals surface area contributed by atoms with E-state index >= 15 is 0 Å². The van der Waals surface area contributed by atoms with E-state index in [-0.39, 0.29) is 23.8 Å². The summed E-state index contributed by atoms with van der Waals surface area (Å²) in [6.45, 7) is 3.39. The summed E-state index contributed by atoms with van der Waals surface area (Å²) in [6, 6.07) is 9.66. The minimum atomic E-state index is -0.505. The number of carbonyl (C=O) groups excluding carboxylic acids is 3. The van der Waals surface area contributed by atoms with Gasteiger partial charge in [0, 0.05) is 24.8 Å². The van der Waals surface area contributed by atoms with Gasteiger partial charge in [-0.2, -0.15) is 0 Å². The molecule has 1 aliphatic rings. The number of pyridine rings is 1. The fourth-order valence-electron chi connectivity index (χ4n) is 3.12. The molecular formula is C21H23N3O4. The lowest BCUT2D eigenvalue weighted by atomic mass is 10.1. The van der Waals surface area contributed by atoms with Crippen molar-refractivity contribution in [2.75, 3.05) is 25.0 Å². The van der Waals surface area contributed by atoms with E-state index in [0.29, 0.717) is 24.3 Å². The molecule has 3 rings (SSSR count). The van der Waals surface area contributed by atoms with E-state index in [4.69, 9.17) is 4.74 Å². The summed E-state index contributed by atoms with van der Waals surface area (Å²) in [4.78, 5) is 43.3. The second kappa shape index (κ2) is 9.12. The maximum absolute atomic E-state index is 12.7. The number of anilines is 1.